The van der Waals surface area contributed by atoms with Gasteiger partial charge in [0.05, 0.1) is 10.5 Å². The summed E-state index contributed by atoms with van der Waals surface area (Å²) in [4.78, 5) is 8.56. The van der Waals surface area contributed by atoms with Gasteiger partial charge in [0.25, 0.3) is 0 Å². The second kappa shape index (κ2) is 5.79. The highest BCUT2D eigenvalue weighted by molar-refractivity contribution is 7.90. The Hall–Kier alpha value is -3.18. The molecule has 0 saturated carbocycles. The fraction of sp³-hybridized carbons (Fsp3) is 0.0625. The second-order valence-corrected chi connectivity index (χ2v) is 7.14. The molecule has 0 aliphatic rings. The van der Waals surface area contributed by atoms with Crippen molar-refractivity contribution in [3.63, 3.8) is 0 Å². The van der Waals surface area contributed by atoms with E-state index in [1.54, 1.807) is 18.2 Å². The Labute approximate surface area is 138 Å². The van der Waals surface area contributed by atoms with Crippen LogP contribution in [0.4, 0.5) is 11.6 Å². The van der Waals surface area contributed by atoms with Gasteiger partial charge in [-0.25, -0.2) is 18.4 Å². The van der Waals surface area contributed by atoms with Crippen LogP contribution in [0.3, 0.4) is 0 Å². The van der Waals surface area contributed by atoms with Gasteiger partial charge in [-0.15, -0.1) is 0 Å². The van der Waals surface area contributed by atoms with Crippen LogP contribution in [0.5, 0.6) is 5.75 Å². The molecule has 7 nitrogen and oxygen atoms in total. The summed E-state index contributed by atoms with van der Waals surface area (Å²) in [6.07, 6.45) is 2.66. The number of phenolic OH excluding ortho intramolecular Hbond substituents is 1. The summed E-state index contributed by atoms with van der Waals surface area (Å²) in [5, 5.41) is 22.5. The van der Waals surface area contributed by atoms with Gasteiger partial charge in [-0.3, -0.25) is 0 Å². The lowest BCUT2D eigenvalue weighted by molar-refractivity contribution is 0.478. The zero-order valence-electron chi connectivity index (χ0n) is 12.6. The number of nitrogens with one attached hydrogen (secondary N) is 1. The van der Waals surface area contributed by atoms with E-state index in [0.717, 1.165) is 6.26 Å². The maximum atomic E-state index is 11.4. The normalized spacial score (nSPS) is 11.2. The first kappa shape index (κ1) is 15.7. The molecule has 3 rings (SSSR count). The van der Waals surface area contributed by atoms with E-state index in [1.807, 2.05) is 6.07 Å². The average Bonchev–Trinajstić information content (AvgIpc) is 2.55. The third kappa shape index (κ3) is 2.98. The Kier molecular flexibility index (Phi) is 3.79. The van der Waals surface area contributed by atoms with Gasteiger partial charge < -0.3 is 10.4 Å². The summed E-state index contributed by atoms with van der Waals surface area (Å²) in [5.74, 6) is 0.0212. The van der Waals surface area contributed by atoms with Gasteiger partial charge in [0, 0.05) is 23.5 Å². The van der Waals surface area contributed by atoms with Gasteiger partial charge in [-0.1, -0.05) is 0 Å². The average molecular weight is 340 g/mol. The van der Waals surface area contributed by atoms with Crippen molar-refractivity contribution in [1.82, 2.24) is 9.97 Å². The highest BCUT2D eigenvalue weighted by Crippen LogP contribution is 2.27. The van der Waals surface area contributed by atoms with E-state index in [0.29, 0.717) is 11.1 Å². The fourth-order valence-electron chi connectivity index (χ4n) is 2.15. The maximum Gasteiger partial charge on any atom is 0.227 e. The van der Waals surface area contributed by atoms with Crippen molar-refractivity contribution >= 4 is 32.4 Å². The van der Waals surface area contributed by atoms with Crippen molar-refractivity contribution in [1.29, 1.82) is 5.26 Å². The number of hydrogen-bond donors (Lipinski definition) is 2. The summed E-state index contributed by atoms with van der Waals surface area (Å²) in [7, 11) is -3.26. The molecule has 2 aromatic carbocycles. The Morgan fingerprint density at radius 1 is 1.17 bits per heavy atom. The van der Waals surface area contributed by atoms with E-state index in [2.05, 4.69) is 15.3 Å². The first-order valence-electron chi connectivity index (χ1n) is 6.84. The number of hydrogen-bond acceptors (Lipinski definition) is 7. The predicted molar refractivity (Wildman–Crippen MR) is 88.8 cm³/mol. The minimum absolute atomic E-state index is 0.129. The first-order chi connectivity index (χ1) is 11.4. The van der Waals surface area contributed by atoms with E-state index in [4.69, 9.17) is 5.26 Å². The smallest absolute Gasteiger partial charge is 0.227 e. The van der Waals surface area contributed by atoms with E-state index in [1.165, 1.54) is 24.4 Å². The third-order valence-electron chi connectivity index (χ3n) is 3.39. The molecular weight excluding hydrogens is 328 g/mol. The standard InChI is InChI=1S/C16H12N4O3S/c1-24(22,23)13-6-4-12(5-7-13)19-16-18-9-11-3-2-10(8-17)15(21)14(11)20-16/h2-7,9,21H,1H3,(H,18,19,20). The molecule has 0 bridgehead atoms. The van der Waals surface area contributed by atoms with Crippen molar-refractivity contribution in [3.8, 4) is 11.8 Å². The summed E-state index contributed by atoms with van der Waals surface area (Å²) < 4.78 is 22.9. The van der Waals surface area contributed by atoms with Gasteiger partial charge in [0.1, 0.15) is 11.6 Å². The molecule has 0 radical (unpaired) electrons. The van der Waals surface area contributed by atoms with Crippen LogP contribution < -0.4 is 5.32 Å². The molecule has 0 spiro atoms. The number of benzene rings is 2. The summed E-state index contributed by atoms with van der Waals surface area (Å²) in [6, 6.07) is 11.2. The van der Waals surface area contributed by atoms with Crippen LogP contribution in [0.2, 0.25) is 0 Å². The number of nitrogens with zero attached hydrogens (tertiary/aromatic N) is 3. The third-order valence-corrected chi connectivity index (χ3v) is 4.51. The lowest BCUT2D eigenvalue weighted by Crippen LogP contribution is -1.99. The number of anilines is 2. The van der Waals surface area contributed by atoms with Crippen molar-refractivity contribution in [3.05, 3.63) is 48.2 Å². The predicted octanol–water partition coefficient (Wildman–Crippen LogP) is 2.35. The zero-order valence-corrected chi connectivity index (χ0v) is 13.4. The SMILES string of the molecule is CS(=O)(=O)c1ccc(Nc2ncc3ccc(C#N)c(O)c3n2)cc1. The van der Waals surface area contributed by atoms with Gasteiger partial charge in [-0.2, -0.15) is 5.26 Å². The quantitative estimate of drug-likeness (QED) is 0.751. The van der Waals surface area contributed by atoms with Crippen molar-refractivity contribution in [2.24, 2.45) is 0 Å². The van der Waals surface area contributed by atoms with Gasteiger partial charge >= 0.3 is 0 Å². The van der Waals surface area contributed by atoms with Crippen LogP contribution in [0.25, 0.3) is 10.9 Å². The first-order valence-corrected chi connectivity index (χ1v) is 8.73. The zero-order chi connectivity index (χ0) is 17.3. The number of aromatic hydroxyl groups is 1. The number of sulfone groups is 1. The van der Waals surface area contributed by atoms with Gasteiger partial charge in [-0.05, 0) is 36.4 Å². The molecule has 1 aromatic heterocycles. The van der Waals surface area contributed by atoms with Crippen LogP contribution in [0.15, 0.2) is 47.5 Å². The van der Waals surface area contributed by atoms with E-state index >= 15 is 0 Å². The van der Waals surface area contributed by atoms with Gasteiger partial charge in [0.2, 0.25) is 5.95 Å². The number of fused-ring (bicyclic) bond motifs is 1. The Balaban J connectivity index is 1.96. The van der Waals surface area contributed by atoms with Crippen molar-refractivity contribution < 1.29 is 13.5 Å². The van der Waals surface area contributed by atoms with Crippen LogP contribution in [-0.4, -0.2) is 29.7 Å². The molecule has 8 heteroatoms. The number of nitriles is 1. The molecule has 0 atom stereocenters. The number of phenols is 1. The molecule has 2 N–H and O–H groups in total. The molecule has 0 saturated heterocycles. The lowest BCUT2D eigenvalue weighted by atomic mass is 10.1. The number of rotatable bonds is 3. The minimum Gasteiger partial charge on any atom is -0.504 e. The summed E-state index contributed by atoms with van der Waals surface area (Å²) in [6.45, 7) is 0. The molecule has 0 fully saturated rings. The Bertz CT molecular complexity index is 1070. The van der Waals surface area contributed by atoms with E-state index in [9.17, 15) is 13.5 Å². The Morgan fingerprint density at radius 3 is 2.50 bits per heavy atom. The second-order valence-electron chi connectivity index (χ2n) is 5.13. The highest BCUT2D eigenvalue weighted by Gasteiger charge is 2.10. The minimum atomic E-state index is -3.26. The van der Waals surface area contributed by atoms with E-state index in [-0.39, 0.29) is 27.7 Å². The topological polar surface area (TPSA) is 116 Å². The number of aromatic nitrogens is 2. The molecule has 0 unspecified atom stereocenters. The molecule has 3 aromatic rings. The molecule has 0 amide bonds. The molecule has 1 heterocycles. The highest BCUT2D eigenvalue weighted by atomic mass is 32.2. The van der Waals surface area contributed by atoms with Crippen LogP contribution in [-0.2, 0) is 9.84 Å². The summed E-state index contributed by atoms with van der Waals surface area (Å²) >= 11 is 0. The summed E-state index contributed by atoms with van der Waals surface area (Å²) in [5.41, 5.74) is 0.988. The van der Waals surface area contributed by atoms with Crippen LogP contribution in [0.1, 0.15) is 5.56 Å². The largest absolute Gasteiger partial charge is 0.504 e. The molecular formula is C16H12N4O3S. The van der Waals surface area contributed by atoms with Gasteiger partial charge in [0.15, 0.2) is 15.6 Å². The lowest BCUT2D eigenvalue weighted by Gasteiger charge is -2.07. The van der Waals surface area contributed by atoms with Crippen molar-refractivity contribution in [2.75, 3.05) is 11.6 Å². The molecule has 24 heavy (non-hydrogen) atoms. The van der Waals surface area contributed by atoms with Crippen molar-refractivity contribution in [2.45, 2.75) is 4.90 Å². The van der Waals surface area contributed by atoms with Crippen LogP contribution >= 0.6 is 0 Å². The maximum absolute atomic E-state index is 11.4. The molecule has 120 valence electrons. The monoisotopic (exact) mass is 340 g/mol. The molecule has 0 aliphatic heterocycles. The van der Waals surface area contributed by atoms with Crippen LogP contribution in [0, 0.1) is 11.3 Å². The van der Waals surface area contributed by atoms with E-state index < -0.39 is 9.84 Å². The Morgan fingerprint density at radius 2 is 1.88 bits per heavy atom. The fourth-order valence-corrected chi connectivity index (χ4v) is 2.78. The molecule has 0 aliphatic carbocycles.